The molecule has 2 atom stereocenters. The topological polar surface area (TPSA) is 72.1 Å². The molecule has 1 aromatic heterocycles. The van der Waals surface area contributed by atoms with Crippen LogP contribution in [0, 0.1) is 11.5 Å². The van der Waals surface area contributed by atoms with E-state index in [1.165, 1.54) is 6.19 Å². The first-order valence-corrected chi connectivity index (χ1v) is 5.88. The van der Waals surface area contributed by atoms with Crippen molar-refractivity contribution in [1.82, 2.24) is 4.98 Å². The first-order chi connectivity index (χ1) is 7.13. The predicted octanol–water partition coefficient (Wildman–Crippen LogP) is 2.25. The number of aromatic nitrogens is 1. The molecule has 4 nitrogen and oxygen atoms in total. The van der Waals surface area contributed by atoms with Crippen LogP contribution in [0.4, 0.5) is 0 Å². The van der Waals surface area contributed by atoms with Gasteiger partial charge in [-0.25, -0.2) is 4.98 Å². The van der Waals surface area contributed by atoms with Crippen molar-refractivity contribution in [3.8, 4) is 6.19 Å². The van der Waals surface area contributed by atoms with Crippen LogP contribution in [0.5, 0.6) is 0 Å². The second-order valence-electron chi connectivity index (χ2n) is 2.99. The average molecular weight is 243 g/mol. The summed E-state index contributed by atoms with van der Waals surface area (Å²) >= 11 is 5.64. The molecule has 1 heterocycles. The minimum atomic E-state index is -1.45. The lowest BCUT2D eigenvalue weighted by atomic mass is 10.1. The van der Waals surface area contributed by atoms with Crippen molar-refractivity contribution in [2.24, 2.45) is 4.36 Å². The van der Waals surface area contributed by atoms with Crippen LogP contribution >= 0.6 is 11.6 Å². The molecule has 0 saturated heterocycles. The van der Waals surface area contributed by atoms with Crippen LogP contribution in [0.15, 0.2) is 22.7 Å². The molecule has 0 fully saturated rings. The number of hydrogen-bond donors (Lipinski definition) is 0. The second-order valence-corrected chi connectivity index (χ2v) is 4.54. The van der Waals surface area contributed by atoms with Crippen LogP contribution in [0.3, 0.4) is 0 Å². The van der Waals surface area contributed by atoms with Crippen molar-refractivity contribution >= 4 is 22.6 Å². The normalized spacial score (nSPS) is 14.5. The van der Waals surface area contributed by atoms with Gasteiger partial charge in [-0.2, -0.15) is 20.6 Å². The Hall–Kier alpha value is -0.960. The second kappa shape index (κ2) is 5.81. The van der Waals surface area contributed by atoms with Gasteiger partial charge in [0.15, 0.2) is 0 Å². The molecule has 0 aromatic carbocycles. The van der Waals surface area contributed by atoms with Gasteiger partial charge in [0.25, 0.3) is 0 Å². The summed E-state index contributed by atoms with van der Waals surface area (Å²) in [7, 11) is -1.45. The van der Waals surface area contributed by atoms with Crippen LogP contribution in [0.2, 0.25) is 5.15 Å². The summed E-state index contributed by atoms with van der Waals surface area (Å²) in [4.78, 5) is 3.92. The fraction of sp³-hybridized carbons (Fsp3) is 0.333. The number of hydrogen-bond acceptors (Lipinski definition) is 4. The van der Waals surface area contributed by atoms with Gasteiger partial charge in [-0.3, -0.25) is 0 Å². The third-order valence-corrected chi connectivity index (χ3v) is 3.15. The molecule has 0 aliphatic carbocycles. The number of rotatable bonds is 3. The van der Waals surface area contributed by atoms with E-state index >= 15 is 0 Å². The zero-order valence-electron chi connectivity index (χ0n) is 8.05. The van der Waals surface area contributed by atoms with Crippen molar-refractivity contribution in [3.63, 3.8) is 0 Å². The van der Waals surface area contributed by atoms with E-state index in [0.717, 1.165) is 5.56 Å². The molecule has 6 heteroatoms. The molecule has 0 bridgehead atoms. The predicted molar refractivity (Wildman–Crippen MR) is 58.7 cm³/mol. The van der Waals surface area contributed by atoms with Crippen LogP contribution < -0.4 is 0 Å². The molecule has 80 valence electrons. The highest BCUT2D eigenvalue weighted by atomic mass is 35.5. The highest BCUT2D eigenvalue weighted by molar-refractivity contribution is 7.81. The van der Waals surface area contributed by atoms with E-state index in [9.17, 15) is 4.55 Å². The van der Waals surface area contributed by atoms with Gasteiger partial charge in [0.1, 0.15) is 5.15 Å². The van der Waals surface area contributed by atoms with E-state index < -0.39 is 11.0 Å². The zero-order chi connectivity index (χ0) is 11.3. The smallest absolute Gasteiger partial charge is 0.211 e. The highest BCUT2D eigenvalue weighted by Gasteiger charge is 2.04. The molecular weight excluding hydrogens is 234 g/mol. The number of nitriles is 1. The largest absolute Gasteiger partial charge is 0.788 e. The molecule has 0 aliphatic rings. The van der Waals surface area contributed by atoms with Gasteiger partial charge >= 0.3 is 0 Å². The summed E-state index contributed by atoms with van der Waals surface area (Å²) in [5, 5.41) is 8.64. The third-order valence-electron chi connectivity index (χ3n) is 1.85. The Balaban J connectivity index is 2.70. The van der Waals surface area contributed by atoms with E-state index in [0.29, 0.717) is 10.9 Å². The van der Waals surface area contributed by atoms with E-state index in [4.69, 9.17) is 16.9 Å². The van der Waals surface area contributed by atoms with Crippen molar-refractivity contribution in [1.29, 1.82) is 5.26 Å². The standard InChI is InChI=1S/C9H9ClN3OS/c1-7(5-15(14)13-6-11)8-2-3-9(10)12-4-8/h2-4,7H,5H2,1H3/q-1. The Morgan fingerprint density at radius 3 is 3.00 bits per heavy atom. The Bertz CT molecular complexity index is 399. The van der Waals surface area contributed by atoms with Crippen LogP contribution in [0.25, 0.3) is 0 Å². The van der Waals surface area contributed by atoms with Gasteiger partial charge in [0.2, 0.25) is 6.19 Å². The maximum Gasteiger partial charge on any atom is 0.211 e. The zero-order valence-corrected chi connectivity index (χ0v) is 9.63. The van der Waals surface area contributed by atoms with Gasteiger partial charge in [0, 0.05) is 6.20 Å². The fourth-order valence-electron chi connectivity index (χ4n) is 1.07. The maximum atomic E-state index is 11.2. The summed E-state index contributed by atoms with van der Waals surface area (Å²) in [6.07, 6.45) is 3.16. The summed E-state index contributed by atoms with van der Waals surface area (Å²) in [6, 6.07) is 3.50. The molecule has 2 unspecified atom stereocenters. The van der Waals surface area contributed by atoms with Crippen molar-refractivity contribution in [2.75, 3.05) is 5.75 Å². The molecule has 0 spiro atoms. The van der Waals surface area contributed by atoms with Gasteiger partial charge < -0.3 is 4.55 Å². The monoisotopic (exact) mass is 242 g/mol. The van der Waals surface area contributed by atoms with Gasteiger partial charge in [-0.05, 0) is 23.3 Å². The van der Waals surface area contributed by atoms with E-state index in [1.54, 1.807) is 12.3 Å². The molecule has 1 aromatic rings. The average Bonchev–Trinajstić information content (AvgIpc) is 2.18. The minimum absolute atomic E-state index is 0.0349. The van der Waals surface area contributed by atoms with E-state index in [-0.39, 0.29) is 5.92 Å². The fourth-order valence-corrected chi connectivity index (χ4v) is 1.97. The summed E-state index contributed by atoms with van der Waals surface area (Å²) in [5.74, 6) is 0.351. The summed E-state index contributed by atoms with van der Waals surface area (Å²) in [6.45, 7) is 1.90. The lowest BCUT2D eigenvalue weighted by molar-refractivity contribution is 0.599. The van der Waals surface area contributed by atoms with Gasteiger partial charge in [-0.15, -0.1) is 0 Å². The Morgan fingerprint density at radius 2 is 2.47 bits per heavy atom. The summed E-state index contributed by atoms with van der Waals surface area (Å²) < 4.78 is 14.4. The van der Waals surface area contributed by atoms with E-state index in [2.05, 4.69) is 9.35 Å². The summed E-state index contributed by atoms with van der Waals surface area (Å²) in [5.41, 5.74) is 0.931. The quantitative estimate of drug-likeness (QED) is 0.603. The lowest BCUT2D eigenvalue weighted by Gasteiger charge is -2.16. The molecule has 0 saturated carbocycles. The highest BCUT2D eigenvalue weighted by Crippen LogP contribution is 2.16. The van der Waals surface area contributed by atoms with Crippen molar-refractivity contribution in [2.45, 2.75) is 12.8 Å². The number of pyridine rings is 1. The van der Waals surface area contributed by atoms with Crippen LogP contribution in [-0.2, 0) is 11.0 Å². The van der Waals surface area contributed by atoms with E-state index in [1.807, 2.05) is 13.0 Å². The molecule has 1 rings (SSSR count). The van der Waals surface area contributed by atoms with Gasteiger partial charge in [-0.1, -0.05) is 24.6 Å². The van der Waals surface area contributed by atoms with Gasteiger partial charge in [0.05, 0.1) is 0 Å². The molecule has 15 heavy (non-hydrogen) atoms. The Labute approximate surface area is 95.8 Å². The van der Waals surface area contributed by atoms with Crippen molar-refractivity contribution < 1.29 is 4.55 Å². The van der Waals surface area contributed by atoms with Crippen LogP contribution in [0.1, 0.15) is 18.4 Å². The lowest BCUT2D eigenvalue weighted by Crippen LogP contribution is -2.05. The first-order valence-electron chi connectivity index (χ1n) is 4.23. The first kappa shape index (κ1) is 12.1. The maximum absolute atomic E-state index is 11.2. The molecular formula is C9H9ClN3OS-. The number of halogens is 1. The number of nitrogens with zero attached hydrogens (tertiary/aromatic N) is 3. The van der Waals surface area contributed by atoms with Crippen molar-refractivity contribution in [3.05, 3.63) is 29.0 Å². The Morgan fingerprint density at radius 1 is 1.73 bits per heavy atom. The van der Waals surface area contributed by atoms with Crippen LogP contribution in [-0.4, -0.2) is 15.3 Å². The third kappa shape index (κ3) is 3.96. The molecule has 0 aliphatic heterocycles. The SMILES string of the molecule is CC(CS([O-])=NC#N)c1ccc(Cl)nc1. The molecule has 0 radical (unpaired) electrons. The Kier molecular flexibility index (Phi) is 4.69. The minimum Gasteiger partial charge on any atom is -0.788 e. The molecule has 0 amide bonds. The molecule has 0 N–H and O–H groups in total.